The lowest BCUT2D eigenvalue weighted by molar-refractivity contribution is -0.660. The summed E-state index contributed by atoms with van der Waals surface area (Å²) >= 11 is 0. The average molecular weight is 389 g/mol. The summed E-state index contributed by atoms with van der Waals surface area (Å²) in [6.07, 6.45) is 2.04. The van der Waals surface area contributed by atoms with E-state index >= 15 is 0 Å². The smallest absolute Gasteiger partial charge is 0.237 e. The van der Waals surface area contributed by atoms with Crippen LogP contribution >= 0.6 is 0 Å². The van der Waals surface area contributed by atoms with Crippen molar-refractivity contribution in [3.63, 3.8) is 0 Å². The van der Waals surface area contributed by atoms with Crippen molar-refractivity contribution < 1.29 is 8.98 Å². The van der Waals surface area contributed by atoms with Crippen molar-refractivity contribution >= 4 is 27.6 Å². The first-order valence-electron chi connectivity index (χ1n) is 9.97. The quantitative estimate of drug-likeness (QED) is 0.237. The minimum atomic E-state index is 0.564. The van der Waals surface area contributed by atoms with Crippen LogP contribution in [0.25, 0.3) is 49.2 Å². The molecule has 0 unspecified atom stereocenters. The largest absolute Gasteiger partial charge is 0.466 e. The second kappa shape index (κ2) is 6.86. The number of aromatic nitrogens is 1. The summed E-state index contributed by atoms with van der Waals surface area (Å²) in [6, 6.07) is 22.8. The summed E-state index contributed by atoms with van der Waals surface area (Å²) in [4.78, 5) is 3.89. The van der Waals surface area contributed by atoms with E-state index in [1.54, 1.807) is 0 Å². The fraction of sp³-hybridized carbons (Fsp3) is 0.111. The van der Waals surface area contributed by atoms with E-state index in [1.807, 2.05) is 31.4 Å². The number of fused-ring (bicyclic) bond motifs is 3. The summed E-state index contributed by atoms with van der Waals surface area (Å²) in [5.74, 6) is 0. The number of nitrogens with zero attached hydrogens (tertiary/aromatic N) is 2. The van der Waals surface area contributed by atoms with Crippen LogP contribution < -0.4 is 4.57 Å². The molecular weight excluding hydrogens is 368 g/mol. The first-order valence-corrected chi connectivity index (χ1v) is 9.97. The van der Waals surface area contributed by atoms with Crippen molar-refractivity contribution in [2.45, 2.75) is 13.8 Å². The Morgan fingerprint density at radius 1 is 0.833 bits per heavy atom. The zero-order valence-electron chi connectivity index (χ0n) is 17.2. The van der Waals surface area contributed by atoms with Gasteiger partial charge in [-0.15, -0.1) is 0 Å². The molecule has 0 aliphatic carbocycles. The van der Waals surface area contributed by atoms with Crippen LogP contribution in [-0.2, 0) is 7.05 Å². The third kappa shape index (κ3) is 2.69. The summed E-state index contributed by atoms with van der Waals surface area (Å²) < 4.78 is 8.55. The molecule has 0 bridgehead atoms. The van der Waals surface area contributed by atoms with Crippen molar-refractivity contribution in [1.82, 2.24) is 0 Å². The number of benzene rings is 3. The molecule has 30 heavy (non-hydrogen) atoms. The Labute approximate surface area is 175 Å². The molecule has 0 N–H and O–H groups in total. The Kier molecular flexibility index (Phi) is 4.15. The van der Waals surface area contributed by atoms with Crippen LogP contribution in [0, 0.1) is 20.4 Å². The van der Waals surface area contributed by atoms with E-state index in [-0.39, 0.29) is 0 Å². The van der Waals surface area contributed by atoms with E-state index in [1.165, 1.54) is 5.56 Å². The average Bonchev–Trinajstić information content (AvgIpc) is 3.13. The van der Waals surface area contributed by atoms with Crippen LogP contribution in [0.2, 0.25) is 0 Å². The molecule has 0 radical (unpaired) electrons. The van der Waals surface area contributed by atoms with Gasteiger partial charge in [0.2, 0.25) is 11.4 Å². The normalized spacial score (nSPS) is 11.1. The van der Waals surface area contributed by atoms with E-state index in [0.29, 0.717) is 11.3 Å². The molecule has 5 aromatic rings. The molecule has 0 saturated heterocycles. The maximum absolute atomic E-state index is 7.89. The van der Waals surface area contributed by atoms with Gasteiger partial charge in [-0.1, -0.05) is 54.1 Å². The maximum Gasteiger partial charge on any atom is 0.237 e. The molecule has 0 amide bonds. The third-order valence-corrected chi connectivity index (χ3v) is 5.78. The van der Waals surface area contributed by atoms with Crippen LogP contribution in [0.4, 0.5) is 5.69 Å². The molecule has 3 aromatic carbocycles. The first kappa shape index (κ1) is 18.1. The Balaban J connectivity index is 1.86. The topological polar surface area (TPSA) is 21.4 Å². The number of aryl methyl sites for hydroxylation is 3. The molecule has 0 aliphatic heterocycles. The molecule has 144 valence electrons. The molecule has 0 aliphatic rings. The van der Waals surface area contributed by atoms with Gasteiger partial charge in [-0.05, 0) is 36.6 Å². The zero-order valence-corrected chi connectivity index (χ0v) is 17.2. The van der Waals surface area contributed by atoms with Crippen molar-refractivity contribution in [2.75, 3.05) is 0 Å². The Hall–Kier alpha value is -3.90. The number of rotatable bonds is 2. The Morgan fingerprint density at radius 2 is 1.57 bits per heavy atom. The van der Waals surface area contributed by atoms with Crippen LogP contribution in [0.3, 0.4) is 0 Å². The Morgan fingerprint density at radius 3 is 2.30 bits per heavy atom. The van der Waals surface area contributed by atoms with Crippen molar-refractivity contribution in [1.29, 1.82) is 0 Å². The first-order chi connectivity index (χ1) is 14.6. The van der Waals surface area contributed by atoms with Crippen LogP contribution in [0.5, 0.6) is 0 Å². The summed E-state index contributed by atoms with van der Waals surface area (Å²) in [5, 5.41) is 2.02. The summed E-state index contributed by atoms with van der Waals surface area (Å²) in [6.45, 7) is 12.1. The van der Waals surface area contributed by atoms with E-state index < -0.39 is 0 Å². The Bertz CT molecular complexity index is 1470. The third-order valence-electron chi connectivity index (χ3n) is 5.78. The lowest BCUT2D eigenvalue weighted by Crippen LogP contribution is -2.30. The highest BCUT2D eigenvalue weighted by Crippen LogP contribution is 2.44. The SMILES string of the molecule is [C-]#[N+]c1c(-c2ccc(C)cc2)ccc2c1oc1c(-c3cccc[n+]3C)c(C)ccc12. The van der Waals surface area contributed by atoms with Crippen LogP contribution in [0.1, 0.15) is 11.1 Å². The van der Waals surface area contributed by atoms with Crippen LogP contribution in [0.15, 0.2) is 77.3 Å². The van der Waals surface area contributed by atoms with Gasteiger partial charge in [0.15, 0.2) is 6.20 Å². The maximum atomic E-state index is 7.89. The minimum absolute atomic E-state index is 0.564. The van der Waals surface area contributed by atoms with Gasteiger partial charge in [-0.2, -0.15) is 0 Å². The van der Waals surface area contributed by atoms with Gasteiger partial charge in [0.1, 0.15) is 18.2 Å². The lowest BCUT2D eigenvalue weighted by Gasteiger charge is -2.05. The molecular formula is C27H21N2O+. The zero-order chi connectivity index (χ0) is 20.8. The van der Waals surface area contributed by atoms with Gasteiger partial charge in [-0.25, -0.2) is 9.41 Å². The van der Waals surface area contributed by atoms with E-state index in [4.69, 9.17) is 11.0 Å². The molecule has 3 heteroatoms. The highest BCUT2D eigenvalue weighted by atomic mass is 16.3. The number of furan rings is 1. The molecule has 2 heterocycles. The van der Waals surface area contributed by atoms with Gasteiger partial charge in [0.05, 0.1) is 12.1 Å². The van der Waals surface area contributed by atoms with Crippen molar-refractivity contribution in [2.24, 2.45) is 7.05 Å². The van der Waals surface area contributed by atoms with E-state index in [9.17, 15) is 0 Å². The van der Waals surface area contributed by atoms with Crippen molar-refractivity contribution in [3.05, 3.63) is 95.5 Å². The summed E-state index contributed by atoms with van der Waals surface area (Å²) in [5.41, 5.74) is 8.48. The second-order valence-electron chi connectivity index (χ2n) is 7.75. The molecule has 0 saturated carbocycles. The number of pyridine rings is 1. The van der Waals surface area contributed by atoms with Gasteiger partial charge < -0.3 is 4.42 Å². The monoisotopic (exact) mass is 389 g/mol. The van der Waals surface area contributed by atoms with Gasteiger partial charge >= 0.3 is 0 Å². The lowest BCUT2D eigenvalue weighted by atomic mass is 9.98. The molecule has 5 rings (SSSR count). The second-order valence-corrected chi connectivity index (χ2v) is 7.75. The van der Waals surface area contributed by atoms with Crippen LogP contribution in [-0.4, -0.2) is 0 Å². The van der Waals surface area contributed by atoms with E-state index in [0.717, 1.165) is 44.3 Å². The fourth-order valence-corrected chi connectivity index (χ4v) is 4.17. The van der Waals surface area contributed by atoms with E-state index in [2.05, 4.69) is 71.8 Å². The fourth-order valence-electron chi connectivity index (χ4n) is 4.17. The molecule has 0 fully saturated rings. The van der Waals surface area contributed by atoms with Gasteiger partial charge in [0.25, 0.3) is 0 Å². The number of hydrogen-bond acceptors (Lipinski definition) is 1. The van der Waals surface area contributed by atoms with Gasteiger partial charge in [0, 0.05) is 22.9 Å². The highest BCUT2D eigenvalue weighted by molar-refractivity contribution is 6.14. The molecule has 0 spiro atoms. The highest BCUT2D eigenvalue weighted by Gasteiger charge is 2.22. The minimum Gasteiger partial charge on any atom is -0.466 e. The van der Waals surface area contributed by atoms with Gasteiger partial charge in [-0.3, -0.25) is 0 Å². The summed E-state index contributed by atoms with van der Waals surface area (Å²) in [7, 11) is 2.04. The predicted octanol–water partition coefficient (Wildman–Crippen LogP) is 6.91. The standard InChI is InChI=1S/C27H21N2O/c1-17-8-11-19(12-9-17)20-14-15-22-21-13-10-18(2)24(23-7-5-6-16-29(23)4)26(21)30-27(22)25(20)28-3/h5-16H,1-2,4H3/q+1. The van der Waals surface area contributed by atoms with Crippen molar-refractivity contribution in [3.8, 4) is 22.4 Å². The molecule has 0 atom stereocenters. The molecule has 2 aromatic heterocycles. The molecule has 3 nitrogen and oxygen atoms in total. The predicted molar refractivity (Wildman–Crippen MR) is 122 cm³/mol. The number of hydrogen-bond donors (Lipinski definition) is 0.